The maximum Gasteiger partial charge on any atom is 0.274 e. The van der Waals surface area contributed by atoms with Gasteiger partial charge in [0.05, 0.1) is 0 Å². The monoisotopic (exact) mass is 255 g/mol. The molecule has 0 aliphatic heterocycles. The topological polar surface area (TPSA) is 68.0 Å². The predicted octanol–water partition coefficient (Wildman–Crippen LogP) is 2.66. The van der Waals surface area contributed by atoms with Crippen molar-refractivity contribution in [1.29, 1.82) is 0 Å². The molecule has 0 spiro atoms. The third-order valence-corrected chi connectivity index (χ3v) is 2.92. The lowest BCUT2D eigenvalue weighted by molar-refractivity contribution is 0.102. The maximum absolute atomic E-state index is 12.2. The Morgan fingerprint density at radius 3 is 2.68 bits per heavy atom. The molecular weight excluding hydrogens is 238 g/mol. The van der Waals surface area contributed by atoms with Gasteiger partial charge < -0.3 is 11.1 Å². The van der Waals surface area contributed by atoms with E-state index in [9.17, 15) is 4.79 Å². The number of para-hydroxylation sites is 1. The van der Waals surface area contributed by atoms with Crippen LogP contribution in [0.1, 0.15) is 34.6 Å². The van der Waals surface area contributed by atoms with Crippen LogP contribution in [0.15, 0.2) is 42.6 Å². The van der Waals surface area contributed by atoms with E-state index in [-0.39, 0.29) is 11.9 Å². The molecule has 0 radical (unpaired) electrons. The van der Waals surface area contributed by atoms with Crippen LogP contribution in [-0.4, -0.2) is 10.9 Å². The summed E-state index contributed by atoms with van der Waals surface area (Å²) >= 11 is 0. The van der Waals surface area contributed by atoms with Gasteiger partial charge in [-0.15, -0.1) is 0 Å². The Bertz CT molecular complexity index is 593. The second-order valence-corrected chi connectivity index (χ2v) is 4.50. The SMILES string of the molecule is Cc1cccnc1C(=O)Nc1ccccc1C(C)N. The summed E-state index contributed by atoms with van der Waals surface area (Å²) in [5.74, 6) is -0.216. The minimum absolute atomic E-state index is 0.138. The zero-order chi connectivity index (χ0) is 13.8. The molecule has 1 atom stereocenters. The third kappa shape index (κ3) is 2.98. The van der Waals surface area contributed by atoms with E-state index in [1.54, 1.807) is 6.20 Å². The molecule has 2 rings (SSSR count). The number of hydrogen-bond donors (Lipinski definition) is 2. The second-order valence-electron chi connectivity index (χ2n) is 4.50. The van der Waals surface area contributed by atoms with E-state index in [1.807, 2.05) is 50.2 Å². The number of rotatable bonds is 3. The highest BCUT2D eigenvalue weighted by atomic mass is 16.1. The summed E-state index contributed by atoms with van der Waals surface area (Å²) in [4.78, 5) is 16.3. The molecule has 1 heterocycles. The van der Waals surface area contributed by atoms with E-state index in [0.29, 0.717) is 5.69 Å². The van der Waals surface area contributed by atoms with E-state index in [4.69, 9.17) is 5.73 Å². The number of aryl methyl sites for hydroxylation is 1. The molecule has 4 heteroatoms. The van der Waals surface area contributed by atoms with Crippen molar-refractivity contribution in [3.63, 3.8) is 0 Å². The fourth-order valence-corrected chi connectivity index (χ4v) is 1.91. The van der Waals surface area contributed by atoms with Gasteiger partial charge in [0.1, 0.15) is 5.69 Å². The summed E-state index contributed by atoms with van der Waals surface area (Å²) < 4.78 is 0. The molecule has 1 aromatic heterocycles. The largest absolute Gasteiger partial charge is 0.324 e. The van der Waals surface area contributed by atoms with Gasteiger partial charge >= 0.3 is 0 Å². The number of nitrogens with one attached hydrogen (secondary N) is 1. The van der Waals surface area contributed by atoms with Gasteiger partial charge in [-0.25, -0.2) is 0 Å². The first-order valence-electron chi connectivity index (χ1n) is 6.17. The summed E-state index contributed by atoms with van der Waals surface area (Å²) in [7, 11) is 0. The lowest BCUT2D eigenvalue weighted by atomic mass is 10.1. The van der Waals surface area contributed by atoms with Gasteiger partial charge in [0, 0.05) is 17.9 Å². The van der Waals surface area contributed by atoms with Crippen molar-refractivity contribution < 1.29 is 4.79 Å². The van der Waals surface area contributed by atoms with E-state index >= 15 is 0 Å². The summed E-state index contributed by atoms with van der Waals surface area (Å²) in [6, 6.07) is 11.1. The van der Waals surface area contributed by atoms with Crippen molar-refractivity contribution in [2.75, 3.05) is 5.32 Å². The Labute approximate surface area is 112 Å². The third-order valence-electron chi connectivity index (χ3n) is 2.92. The molecule has 3 N–H and O–H groups in total. The highest BCUT2D eigenvalue weighted by molar-refractivity contribution is 6.04. The first kappa shape index (κ1) is 13.2. The number of hydrogen-bond acceptors (Lipinski definition) is 3. The van der Waals surface area contributed by atoms with Crippen LogP contribution in [0.4, 0.5) is 5.69 Å². The minimum atomic E-state index is -0.216. The van der Waals surface area contributed by atoms with E-state index in [1.165, 1.54) is 0 Å². The normalized spacial score (nSPS) is 11.9. The molecule has 1 unspecified atom stereocenters. The predicted molar refractivity (Wildman–Crippen MR) is 76.0 cm³/mol. The number of anilines is 1. The molecule has 19 heavy (non-hydrogen) atoms. The lowest BCUT2D eigenvalue weighted by Crippen LogP contribution is -2.17. The van der Waals surface area contributed by atoms with Crippen LogP contribution in [0.25, 0.3) is 0 Å². The van der Waals surface area contributed by atoms with Gasteiger partial charge in [0.2, 0.25) is 0 Å². The zero-order valence-electron chi connectivity index (χ0n) is 11.1. The Hall–Kier alpha value is -2.20. The van der Waals surface area contributed by atoms with Crippen LogP contribution >= 0.6 is 0 Å². The standard InChI is InChI=1S/C15H17N3O/c1-10-6-5-9-17-14(10)15(19)18-13-8-4-3-7-12(13)11(2)16/h3-9,11H,16H2,1-2H3,(H,18,19). The van der Waals surface area contributed by atoms with Crippen molar-refractivity contribution >= 4 is 11.6 Å². The average Bonchev–Trinajstić information content (AvgIpc) is 2.39. The summed E-state index contributed by atoms with van der Waals surface area (Å²) in [5, 5.41) is 2.87. The summed E-state index contributed by atoms with van der Waals surface area (Å²) in [6.07, 6.45) is 1.61. The van der Waals surface area contributed by atoms with Gasteiger partial charge in [-0.05, 0) is 37.1 Å². The molecule has 0 bridgehead atoms. The first-order chi connectivity index (χ1) is 9.09. The van der Waals surface area contributed by atoms with Crippen LogP contribution in [0.2, 0.25) is 0 Å². The van der Waals surface area contributed by atoms with Gasteiger partial charge in [-0.1, -0.05) is 24.3 Å². The zero-order valence-corrected chi connectivity index (χ0v) is 11.1. The number of carbonyl (C=O) groups excluding carboxylic acids is 1. The molecule has 0 fully saturated rings. The fraction of sp³-hybridized carbons (Fsp3) is 0.200. The van der Waals surface area contributed by atoms with E-state index in [0.717, 1.165) is 16.8 Å². The van der Waals surface area contributed by atoms with E-state index in [2.05, 4.69) is 10.3 Å². The van der Waals surface area contributed by atoms with Crippen molar-refractivity contribution in [2.45, 2.75) is 19.9 Å². The molecule has 0 aliphatic rings. The summed E-state index contributed by atoms with van der Waals surface area (Å²) in [5.41, 5.74) is 8.81. The lowest BCUT2D eigenvalue weighted by Gasteiger charge is -2.13. The van der Waals surface area contributed by atoms with Crippen LogP contribution < -0.4 is 11.1 Å². The van der Waals surface area contributed by atoms with Crippen LogP contribution in [0.3, 0.4) is 0 Å². The number of carbonyl (C=O) groups is 1. The van der Waals surface area contributed by atoms with Gasteiger partial charge in [0.25, 0.3) is 5.91 Å². The van der Waals surface area contributed by atoms with Gasteiger partial charge in [-0.3, -0.25) is 9.78 Å². The van der Waals surface area contributed by atoms with Crippen molar-refractivity contribution in [3.05, 3.63) is 59.4 Å². The number of nitrogens with zero attached hydrogens (tertiary/aromatic N) is 1. The Balaban J connectivity index is 2.27. The summed E-state index contributed by atoms with van der Waals surface area (Å²) in [6.45, 7) is 3.75. The van der Waals surface area contributed by atoms with Gasteiger partial charge in [0.15, 0.2) is 0 Å². The minimum Gasteiger partial charge on any atom is -0.324 e. The number of pyridine rings is 1. The Kier molecular flexibility index (Phi) is 3.92. The number of amides is 1. The average molecular weight is 255 g/mol. The Morgan fingerprint density at radius 1 is 1.26 bits per heavy atom. The van der Waals surface area contributed by atoms with Crippen molar-refractivity contribution in [2.24, 2.45) is 5.73 Å². The maximum atomic E-state index is 12.2. The van der Waals surface area contributed by atoms with Crippen molar-refractivity contribution in [3.8, 4) is 0 Å². The van der Waals surface area contributed by atoms with Crippen LogP contribution in [0, 0.1) is 6.92 Å². The molecule has 0 saturated carbocycles. The van der Waals surface area contributed by atoms with Crippen molar-refractivity contribution in [1.82, 2.24) is 4.98 Å². The molecule has 0 aliphatic carbocycles. The Morgan fingerprint density at radius 2 is 2.00 bits per heavy atom. The fourth-order valence-electron chi connectivity index (χ4n) is 1.91. The molecule has 1 aromatic carbocycles. The van der Waals surface area contributed by atoms with E-state index < -0.39 is 0 Å². The number of aromatic nitrogens is 1. The number of benzene rings is 1. The molecule has 0 saturated heterocycles. The molecule has 2 aromatic rings. The smallest absolute Gasteiger partial charge is 0.274 e. The van der Waals surface area contributed by atoms with Crippen LogP contribution in [-0.2, 0) is 0 Å². The first-order valence-corrected chi connectivity index (χ1v) is 6.17. The van der Waals surface area contributed by atoms with Gasteiger partial charge in [-0.2, -0.15) is 0 Å². The molecule has 98 valence electrons. The molecular formula is C15H17N3O. The quantitative estimate of drug-likeness (QED) is 0.886. The molecule has 1 amide bonds. The number of nitrogens with two attached hydrogens (primary N) is 1. The van der Waals surface area contributed by atoms with Crippen LogP contribution in [0.5, 0.6) is 0 Å². The second kappa shape index (κ2) is 5.63. The highest BCUT2D eigenvalue weighted by Gasteiger charge is 2.13. The highest BCUT2D eigenvalue weighted by Crippen LogP contribution is 2.21. The molecule has 4 nitrogen and oxygen atoms in total.